The number of benzene rings is 1. The lowest BCUT2D eigenvalue weighted by Gasteiger charge is -2.04. The molecule has 2 heteroatoms. The molecule has 1 aromatic rings. The van der Waals surface area contributed by atoms with Gasteiger partial charge < -0.3 is 4.74 Å². The van der Waals surface area contributed by atoms with E-state index in [0.29, 0.717) is 6.61 Å². The van der Waals surface area contributed by atoms with Gasteiger partial charge in [-0.1, -0.05) is 29.8 Å². The fourth-order valence-corrected chi connectivity index (χ4v) is 0.808. The quantitative estimate of drug-likeness (QED) is 0.698. The molecule has 0 heterocycles. The first kappa shape index (κ1) is 9.14. The van der Waals surface area contributed by atoms with Gasteiger partial charge in [0.05, 0.1) is 0 Å². The molecule has 0 saturated heterocycles. The van der Waals surface area contributed by atoms with Gasteiger partial charge in [0.25, 0.3) is 0 Å². The van der Waals surface area contributed by atoms with Crippen LogP contribution in [0.25, 0.3) is 0 Å². The molecule has 0 fully saturated rings. The summed E-state index contributed by atoms with van der Waals surface area (Å²) in [6.45, 7) is 2.48. The minimum Gasteiger partial charge on any atom is -0.489 e. The summed E-state index contributed by atoms with van der Waals surface area (Å²) in [4.78, 5) is 0. The van der Waals surface area contributed by atoms with Crippen LogP contribution in [0.1, 0.15) is 6.92 Å². The van der Waals surface area contributed by atoms with E-state index in [2.05, 4.69) is 0 Å². The fraction of sp³-hybridized carbons (Fsp3) is 0.200. The maximum Gasteiger partial charge on any atom is 0.119 e. The van der Waals surface area contributed by atoms with Crippen molar-refractivity contribution >= 4 is 11.6 Å². The van der Waals surface area contributed by atoms with Crippen LogP contribution in [0, 0.1) is 0 Å². The molecule has 0 unspecified atom stereocenters. The van der Waals surface area contributed by atoms with Crippen LogP contribution < -0.4 is 4.74 Å². The molecule has 0 aliphatic heterocycles. The molecule has 0 N–H and O–H groups in total. The molecule has 0 aromatic heterocycles. The highest BCUT2D eigenvalue weighted by molar-refractivity contribution is 6.25. The Morgan fingerprint density at radius 1 is 1.42 bits per heavy atom. The smallest absolute Gasteiger partial charge is 0.119 e. The number of hydrogen-bond acceptors (Lipinski definition) is 1. The first-order chi connectivity index (χ1) is 5.83. The minimum absolute atomic E-state index is 0.549. The second kappa shape index (κ2) is 4.83. The molecule has 0 aliphatic carbocycles. The summed E-state index contributed by atoms with van der Waals surface area (Å²) < 4.78 is 5.41. The number of halogens is 1. The van der Waals surface area contributed by atoms with Crippen molar-refractivity contribution in [3.05, 3.63) is 41.4 Å². The third-order valence-electron chi connectivity index (χ3n) is 1.40. The monoisotopic (exact) mass is 182 g/mol. The predicted octanol–water partition coefficient (Wildman–Crippen LogP) is 3.21. The Labute approximate surface area is 77.6 Å². The largest absolute Gasteiger partial charge is 0.489 e. The summed E-state index contributed by atoms with van der Waals surface area (Å²) in [6, 6.07) is 9.67. The van der Waals surface area contributed by atoms with Crippen molar-refractivity contribution in [3.63, 3.8) is 0 Å². The Balaban J connectivity index is 2.44. The topological polar surface area (TPSA) is 9.23 Å². The molecule has 0 saturated carbocycles. The van der Waals surface area contributed by atoms with E-state index < -0.39 is 0 Å². The lowest BCUT2D eigenvalue weighted by molar-refractivity contribution is 0.352. The van der Waals surface area contributed by atoms with Crippen LogP contribution in [0.3, 0.4) is 0 Å². The zero-order chi connectivity index (χ0) is 8.81. The number of para-hydroxylation sites is 1. The van der Waals surface area contributed by atoms with Gasteiger partial charge >= 0.3 is 0 Å². The average molecular weight is 183 g/mol. The molecule has 0 bridgehead atoms. The van der Waals surface area contributed by atoms with E-state index in [1.165, 1.54) is 5.54 Å². The summed E-state index contributed by atoms with van der Waals surface area (Å²) >= 11 is 5.48. The standard InChI is InChI=1S/C10H11ClO/c1-9(7-11)8-12-10-5-3-2-4-6-10/h2-7H,8H2,1H3/b9-7-. The molecule has 0 amide bonds. The van der Waals surface area contributed by atoms with Gasteiger partial charge in [0, 0.05) is 5.54 Å². The van der Waals surface area contributed by atoms with Gasteiger partial charge in [0.15, 0.2) is 0 Å². The SMILES string of the molecule is C/C(=C/Cl)COc1ccccc1. The highest BCUT2D eigenvalue weighted by Crippen LogP contribution is 2.09. The first-order valence-corrected chi connectivity index (χ1v) is 4.20. The maximum atomic E-state index is 5.48. The van der Waals surface area contributed by atoms with Crippen LogP contribution in [0.5, 0.6) is 5.75 Å². The van der Waals surface area contributed by atoms with Crippen molar-refractivity contribution in [2.24, 2.45) is 0 Å². The van der Waals surface area contributed by atoms with E-state index in [0.717, 1.165) is 11.3 Å². The van der Waals surface area contributed by atoms with Crippen LogP contribution in [0.2, 0.25) is 0 Å². The van der Waals surface area contributed by atoms with Gasteiger partial charge in [0.1, 0.15) is 12.4 Å². The normalized spacial score (nSPS) is 11.3. The van der Waals surface area contributed by atoms with Crippen LogP contribution in [0.4, 0.5) is 0 Å². The van der Waals surface area contributed by atoms with Crippen LogP contribution >= 0.6 is 11.6 Å². The van der Waals surface area contributed by atoms with E-state index in [-0.39, 0.29) is 0 Å². The van der Waals surface area contributed by atoms with Crippen molar-refractivity contribution in [2.75, 3.05) is 6.61 Å². The van der Waals surface area contributed by atoms with Crippen molar-refractivity contribution in [1.82, 2.24) is 0 Å². The van der Waals surface area contributed by atoms with Crippen molar-refractivity contribution in [1.29, 1.82) is 0 Å². The van der Waals surface area contributed by atoms with Crippen LogP contribution in [-0.2, 0) is 0 Å². The van der Waals surface area contributed by atoms with Gasteiger partial charge in [-0.2, -0.15) is 0 Å². The van der Waals surface area contributed by atoms with Crippen LogP contribution in [0.15, 0.2) is 41.4 Å². The van der Waals surface area contributed by atoms with E-state index in [1.54, 1.807) is 0 Å². The molecule has 1 aromatic carbocycles. The molecule has 0 atom stereocenters. The fourth-order valence-electron chi connectivity index (χ4n) is 0.745. The van der Waals surface area contributed by atoms with Crippen molar-refractivity contribution in [3.8, 4) is 5.75 Å². The Bertz CT molecular complexity index is 254. The van der Waals surface area contributed by atoms with Gasteiger partial charge in [-0.25, -0.2) is 0 Å². The highest BCUT2D eigenvalue weighted by Gasteiger charge is 1.91. The van der Waals surface area contributed by atoms with E-state index in [9.17, 15) is 0 Å². The molecule has 0 aliphatic rings. The second-order valence-electron chi connectivity index (χ2n) is 2.56. The summed E-state index contributed by atoms with van der Waals surface area (Å²) in [5.74, 6) is 0.871. The zero-order valence-corrected chi connectivity index (χ0v) is 7.71. The molecular formula is C10H11ClO. The van der Waals surface area contributed by atoms with Gasteiger partial charge in [0.2, 0.25) is 0 Å². The lowest BCUT2D eigenvalue weighted by atomic mass is 10.3. The number of hydrogen-bond donors (Lipinski definition) is 0. The number of ether oxygens (including phenoxy) is 1. The second-order valence-corrected chi connectivity index (χ2v) is 2.78. The number of rotatable bonds is 3. The average Bonchev–Trinajstić information content (AvgIpc) is 2.16. The van der Waals surface area contributed by atoms with E-state index in [1.807, 2.05) is 37.3 Å². The summed E-state index contributed by atoms with van der Waals surface area (Å²) in [6.07, 6.45) is 0. The third-order valence-corrected chi connectivity index (χ3v) is 1.77. The summed E-state index contributed by atoms with van der Waals surface area (Å²) in [5.41, 5.74) is 2.55. The van der Waals surface area contributed by atoms with Gasteiger partial charge in [-0.3, -0.25) is 0 Å². The van der Waals surface area contributed by atoms with E-state index >= 15 is 0 Å². The Kier molecular flexibility index (Phi) is 3.68. The van der Waals surface area contributed by atoms with Gasteiger partial charge in [-0.15, -0.1) is 0 Å². The molecule has 1 nitrogen and oxygen atoms in total. The maximum absolute atomic E-state index is 5.48. The lowest BCUT2D eigenvalue weighted by Crippen LogP contribution is -1.97. The van der Waals surface area contributed by atoms with Gasteiger partial charge in [-0.05, 0) is 24.6 Å². The zero-order valence-electron chi connectivity index (χ0n) is 6.96. The van der Waals surface area contributed by atoms with Crippen molar-refractivity contribution < 1.29 is 4.74 Å². The van der Waals surface area contributed by atoms with Crippen LogP contribution in [-0.4, -0.2) is 6.61 Å². The Morgan fingerprint density at radius 2 is 2.08 bits per heavy atom. The van der Waals surface area contributed by atoms with E-state index in [4.69, 9.17) is 16.3 Å². The molecule has 1 rings (SSSR count). The van der Waals surface area contributed by atoms with Crippen molar-refractivity contribution in [2.45, 2.75) is 6.92 Å². The molecule has 12 heavy (non-hydrogen) atoms. The summed E-state index contributed by atoms with van der Waals surface area (Å²) in [5, 5.41) is 0. The Morgan fingerprint density at radius 3 is 2.67 bits per heavy atom. The highest BCUT2D eigenvalue weighted by atomic mass is 35.5. The third kappa shape index (κ3) is 2.97. The molecule has 64 valence electrons. The molecular weight excluding hydrogens is 172 g/mol. The summed E-state index contributed by atoms with van der Waals surface area (Å²) in [7, 11) is 0. The minimum atomic E-state index is 0.549. The molecule has 0 radical (unpaired) electrons. The Hall–Kier alpha value is -0.950. The molecule has 0 spiro atoms. The first-order valence-electron chi connectivity index (χ1n) is 3.76. The predicted molar refractivity (Wildman–Crippen MR) is 51.5 cm³/mol.